The highest BCUT2D eigenvalue weighted by Gasteiger charge is 2.45. The second-order valence-electron chi connectivity index (χ2n) is 10.7. The number of benzene rings is 1. The van der Waals surface area contributed by atoms with Crippen molar-refractivity contribution in [1.29, 1.82) is 0 Å². The first-order chi connectivity index (χ1) is 17.7. The van der Waals surface area contributed by atoms with Crippen molar-refractivity contribution in [2.45, 2.75) is 77.0 Å². The van der Waals surface area contributed by atoms with Crippen molar-refractivity contribution in [3.63, 3.8) is 0 Å². The van der Waals surface area contributed by atoms with Crippen LogP contribution in [0.5, 0.6) is 5.75 Å². The van der Waals surface area contributed by atoms with Crippen molar-refractivity contribution in [3.05, 3.63) is 46.9 Å². The standard InChI is InChI=1S/C27H32F2N6O2/c1-4-10-27(2)11-9-19(28)21(14-27)35(17-6-7-17)24-15-30-25(33-32-24)18-8-5-16(12-22(18)36)20-13-23(29)34(3)26(37)31-20/h5,8,12-13,15,17,19,21,36H,4,6-7,9-11,14H2,1-3H3/t19-,21+,27+/m0/s1. The van der Waals surface area contributed by atoms with E-state index >= 15 is 4.39 Å². The monoisotopic (exact) mass is 510 g/mol. The van der Waals surface area contributed by atoms with E-state index in [1.54, 1.807) is 18.3 Å². The van der Waals surface area contributed by atoms with E-state index in [9.17, 15) is 14.3 Å². The maximum atomic E-state index is 15.2. The first-order valence-corrected chi connectivity index (χ1v) is 12.9. The number of aromatic nitrogens is 5. The van der Waals surface area contributed by atoms with Crippen LogP contribution in [0.1, 0.15) is 58.8 Å². The molecule has 2 fully saturated rings. The van der Waals surface area contributed by atoms with Crippen LogP contribution < -0.4 is 10.6 Å². The fourth-order valence-corrected chi connectivity index (χ4v) is 5.55. The third kappa shape index (κ3) is 5.06. The summed E-state index contributed by atoms with van der Waals surface area (Å²) in [6, 6.07) is 5.69. The van der Waals surface area contributed by atoms with E-state index in [-0.39, 0.29) is 34.8 Å². The highest BCUT2D eigenvalue weighted by molar-refractivity contribution is 5.71. The largest absolute Gasteiger partial charge is 0.507 e. The van der Waals surface area contributed by atoms with Gasteiger partial charge >= 0.3 is 5.69 Å². The summed E-state index contributed by atoms with van der Waals surface area (Å²) in [5, 5.41) is 19.3. The highest BCUT2D eigenvalue weighted by Crippen LogP contribution is 2.46. The Labute approximate surface area is 214 Å². The molecule has 0 radical (unpaired) electrons. The third-order valence-electron chi connectivity index (χ3n) is 7.72. The smallest absolute Gasteiger partial charge is 0.350 e. The molecule has 5 rings (SSSR count). The van der Waals surface area contributed by atoms with E-state index < -0.39 is 17.8 Å². The number of rotatable bonds is 7. The Morgan fingerprint density at radius 3 is 2.62 bits per heavy atom. The number of phenolic OH excluding ortho intramolecular Hbond substituents is 1. The number of anilines is 1. The molecule has 3 atom stereocenters. The molecule has 2 heterocycles. The Bertz CT molecular complexity index is 1340. The van der Waals surface area contributed by atoms with Crippen LogP contribution in [0.2, 0.25) is 0 Å². The fourth-order valence-electron chi connectivity index (χ4n) is 5.55. The van der Waals surface area contributed by atoms with E-state index in [2.05, 4.69) is 38.9 Å². The molecule has 1 aromatic carbocycles. The van der Waals surface area contributed by atoms with E-state index in [4.69, 9.17) is 0 Å². The molecule has 1 N–H and O–H groups in total. The topological polar surface area (TPSA) is 97.0 Å². The Morgan fingerprint density at radius 2 is 2.00 bits per heavy atom. The van der Waals surface area contributed by atoms with Crippen LogP contribution in [0, 0.1) is 11.4 Å². The van der Waals surface area contributed by atoms with Gasteiger partial charge in [-0.3, -0.25) is 4.57 Å². The number of hydrogen-bond acceptors (Lipinski definition) is 7. The van der Waals surface area contributed by atoms with Crippen LogP contribution in [0.25, 0.3) is 22.6 Å². The maximum absolute atomic E-state index is 15.2. The normalized spacial score (nSPS) is 23.7. The second-order valence-corrected chi connectivity index (χ2v) is 10.7. The predicted molar refractivity (Wildman–Crippen MR) is 136 cm³/mol. The Balaban J connectivity index is 1.40. The lowest BCUT2D eigenvalue weighted by Gasteiger charge is -2.45. The van der Waals surface area contributed by atoms with Crippen LogP contribution in [0.15, 0.2) is 35.3 Å². The average Bonchev–Trinajstić information content (AvgIpc) is 3.70. The van der Waals surface area contributed by atoms with Crippen molar-refractivity contribution < 1.29 is 13.9 Å². The molecule has 10 heteroatoms. The first kappa shape index (κ1) is 25.2. The van der Waals surface area contributed by atoms with Gasteiger partial charge in [-0.2, -0.15) is 9.37 Å². The molecule has 2 aliphatic carbocycles. The quantitative estimate of drug-likeness (QED) is 0.456. The van der Waals surface area contributed by atoms with Gasteiger partial charge in [0.15, 0.2) is 17.6 Å². The molecule has 0 bridgehead atoms. The van der Waals surface area contributed by atoms with Gasteiger partial charge in [-0.25, -0.2) is 14.2 Å². The van der Waals surface area contributed by atoms with Gasteiger partial charge in [0.1, 0.15) is 11.9 Å². The molecule has 196 valence electrons. The van der Waals surface area contributed by atoms with Gasteiger partial charge in [-0.1, -0.05) is 26.3 Å². The minimum Gasteiger partial charge on any atom is -0.507 e. The zero-order valence-electron chi connectivity index (χ0n) is 21.4. The van der Waals surface area contributed by atoms with Gasteiger partial charge in [-0.15, -0.1) is 10.2 Å². The third-order valence-corrected chi connectivity index (χ3v) is 7.72. The summed E-state index contributed by atoms with van der Waals surface area (Å²) in [5.74, 6) is -0.121. The van der Waals surface area contributed by atoms with Crippen molar-refractivity contribution in [2.24, 2.45) is 12.5 Å². The van der Waals surface area contributed by atoms with Gasteiger partial charge in [0, 0.05) is 24.7 Å². The Kier molecular flexibility index (Phi) is 6.68. The van der Waals surface area contributed by atoms with Gasteiger partial charge in [0.2, 0.25) is 0 Å². The van der Waals surface area contributed by atoms with Crippen molar-refractivity contribution in [2.75, 3.05) is 4.90 Å². The van der Waals surface area contributed by atoms with E-state index in [0.717, 1.165) is 49.2 Å². The number of phenols is 1. The molecule has 0 aliphatic heterocycles. The first-order valence-electron chi connectivity index (χ1n) is 12.9. The molecule has 2 aliphatic rings. The van der Waals surface area contributed by atoms with Gasteiger partial charge < -0.3 is 10.0 Å². The lowest BCUT2D eigenvalue weighted by Crippen LogP contribution is -2.50. The maximum Gasteiger partial charge on any atom is 0.350 e. The van der Waals surface area contributed by atoms with Crippen LogP contribution in [0.3, 0.4) is 0 Å². The van der Waals surface area contributed by atoms with Crippen molar-refractivity contribution >= 4 is 5.82 Å². The Hall–Kier alpha value is -3.43. The zero-order valence-corrected chi connectivity index (χ0v) is 21.4. The van der Waals surface area contributed by atoms with E-state index in [1.165, 1.54) is 13.1 Å². The molecule has 0 saturated heterocycles. The van der Waals surface area contributed by atoms with Crippen molar-refractivity contribution in [1.82, 2.24) is 24.7 Å². The summed E-state index contributed by atoms with van der Waals surface area (Å²) in [6.45, 7) is 4.43. The SMILES string of the molecule is CCC[C@]1(C)CC[C@H](F)[C@H](N(c2cnc(-c3ccc(-c4cc(F)n(C)c(=O)n4)cc3O)nn2)C2CC2)C1. The highest BCUT2D eigenvalue weighted by atomic mass is 19.1. The number of halogens is 2. The van der Waals surface area contributed by atoms with Crippen LogP contribution in [0.4, 0.5) is 14.6 Å². The molecule has 8 nitrogen and oxygen atoms in total. The summed E-state index contributed by atoms with van der Waals surface area (Å²) < 4.78 is 30.0. The second kappa shape index (κ2) is 9.79. The fraction of sp³-hybridized carbons (Fsp3) is 0.519. The van der Waals surface area contributed by atoms with Crippen LogP contribution in [-0.2, 0) is 7.05 Å². The number of nitrogens with zero attached hydrogens (tertiary/aromatic N) is 6. The molecule has 2 saturated carbocycles. The van der Waals surface area contributed by atoms with E-state index in [0.29, 0.717) is 23.4 Å². The predicted octanol–water partition coefficient (Wildman–Crippen LogP) is 4.81. The van der Waals surface area contributed by atoms with Crippen LogP contribution >= 0.6 is 0 Å². The summed E-state index contributed by atoms with van der Waals surface area (Å²) in [4.78, 5) is 22.2. The van der Waals surface area contributed by atoms with Gasteiger partial charge in [-0.05, 0) is 56.1 Å². The molecule has 2 aromatic heterocycles. The van der Waals surface area contributed by atoms with Crippen LogP contribution in [-0.4, -0.2) is 48.1 Å². The minimum atomic E-state index is -0.920. The molecule has 0 spiro atoms. The number of alkyl halides is 1. The number of hydrogen-bond donors (Lipinski definition) is 1. The summed E-state index contributed by atoms with van der Waals surface area (Å²) >= 11 is 0. The molecule has 3 aromatic rings. The summed E-state index contributed by atoms with van der Waals surface area (Å²) in [5.41, 5.74) is 0.209. The van der Waals surface area contributed by atoms with Gasteiger partial charge in [0.05, 0.1) is 23.5 Å². The number of aromatic hydroxyl groups is 1. The summed E-state index contributed by atoms with van der Waals surface area (Å²) in [7, 11) is 1.29. The molecular formula is C27H32F2N6O2. The minimum absolute atomic E-state index is 0.111. The van der Waals surface area contributed by atoms with Gasteiger partial charge in [0.25, 0.3) is 0 Å². The molecule has 37 heavy (non-hydrogen) atoms. The lowest BCUT2D eigenvalue weighted by molar-refractivity contribution is 0.0994. The Morgan fingerprint density at radius 1 is 1.22 bits per heavy atom. The van der Waals surface area contributed by atoms with E-state index in [1.807, 2.05) is 0 Å². The lowest BCUT2D eigenvalue weighted by atomic mass is 9.70. The average molecular weight is 511 g/mol. The zero-order chi connectivity index (χ0) is 26.3. The summed E-state index contributed by atoms with van der Waals surface area (Å²) in [6.07, 6.45) is 7.06. The van der Waals surface area contributed by atoms with Crippen molar-refractivity contribution in [3.8, 4) is 28.4 Å². The molecule has 0 unspecified atom stereocenters. The molecule has 0 amide bonds. The molecular weight excluding hydrogens is 478 g/mol.